The Morgan fingerprint density at radius 2 is 1.79 bits per heavy atom. The highest BCUT2D eigenvalue weighted by Gasteiger charge is 2.20. The fourth-order valence-electron chi connectivity index (χ4n) is 2.44. The molecule has 3 aromatic rings. The number of amides is 1. The van der Waals surface area contributed by atoms with Gasteiger partial charge in [-0.05, 0) is 42.5 Å². The molecule has 0 unspecified atom stereocenters. The lowest BCUT2D eigenvalue weighted by molar-refractivity contribution is -0.112. The maximum atomic E-state index is 13.2. The first-order chi connectivity index (χ1) is 11.5. The van der Waals surface area contributed by atoms with Crippen molar-refractivity contribution in [2.75, 3.05) is 24.3 Å². The SMILES string of the molecule is CN(C)c1ccc(NC(=O)C(=O)c2c[nH]c3cc(F)ccc23)cc1. The number of Topliss-reactive ketones (excluding diaryl/α,β-unsaturated/α-hetero) is 1. The van der Waals surface area contributed by atoms with Gasteiger partial charge in [0, 0.05) is 42.6 Å². The van der Waals surface area contributed by atoms with E-state index in [9.17, 15) is 14.0 Å². The number of carbonyl (C=O) groups is 2. The lowest BCUT2D eigenvalue weighted by Crippen LogP contribution is -2.22. The summed E-state index contributed by atoms with van der Waals surface area (Å²) in [7, 11) is 3.83. The Hall–Kier alpha value is -3.15. The van der Waals surface area contributed by atoms with Crippen LogP contribution in [0.4, 0.5) is 15.8 Å². The summed E-state index contributed by atoms with van der Waals surface area (Å²) in [5.41, 5.74) is 2.21. The van der Waals surface area contributed by atoms with E-state index in [1.54, 1.807) is 12.1 Å². The standard InChI is InChI=1S/C18H16FN3O2/c1-22(2)13-6-4-12(5-7-13)21-18(24)17(23)15-10-20-16-9-11(19)3-8-14(15)16/h3-10,20H,1-2H3,(H,21,24). The second-order valence-corrected chi connectivity index (χ2v) is 5.62. The zero-order valence-electron chi connectivity index (χ0n) is 13.3. The summed E-state index contributed by atoms with van der Waals surface area (Å²) in [6.45, 7) is 0. The van der Waals surface area contributed by atoms with Gasteiger partial charge in [0.2, 0.25) is 0 Å². The van der Waals surface area contributed by atoms with E-state index < -0.39 is 17.5 Å². The number of anilines is 2. The van der Waals surface area contributed by atoms with Gasteiger partial charge in [0.05, 0.1) is 5.56 Å². The molecule has 0 bridgehead atoms. The molecule has 0 aliphatic rings. The van der Waals surface area contributed by atoms with Crippen molar-refractivity contribution >= 4 is 34.0 Å². The Bertz CT molecular complexity index is 914. The minimum atomic E-state index is -0.738. The van der Waals surface area contributed by atoms with E-state index in [0.29, 0.717) is 16.6 Å². The number of hydrogen-bond donors (Lipinski definition) is 2. The summed E-state index contributed by atoms with van der Waals surface area (Å²) < 4.78 is 13.2. The largest absolute Gasteiger partial charge is 0.378 e. The van der Waals surface area contributed by atoms with Crippen LogP contribution in [0.3, 0.4) is 0 Å². The quantitative estimate of drug-likeness (QED) is 0.572. The van der Waals surface area contributed by atoms with Crippen LogP contribution in [0.2, 0.25) is 0 Å². The van der Waals surface area contributed by atoms with Crippen LogP contribution >= 0.6 is 0 Å². The number of nitrogens with one attached hydrogen (secondary N) is 2. The molecule has 1 aromatic heterocycles. The van der Waals surface area contributed by atoms with E-state index in [1.165, 1.54) is 24.4 Å². The molecule has 5 nitrogen and oxygen atoms in total. The van der Waals surface area contributed by atoms with Gasteiger partial charge >= 0.3 is 0 Å². The van der Waals surface area contributed by atoms with E-state index >= 15 is 0 Å². The number of aromatic amines is 1. The Kier molecular flexibility index (Phi) is 4.04. The lowest BCUT2D eigenvalue weighted by atomic mass is 10.1. The second-order valence-electron chi connectivity index (χ2n) is 5.62. The number of rotatable bonds is 4. The van der Waals surface area contributed by atoms with Gasteiger partial charge in [-0.1, -0.05) is 0 Å². The third-order valence-corrected chi connectivity index (χ3v) is 3.74. The van der Waals surface area contributed by atoms with Gasteiger partial charge in [-0.25, -0.2) is 4.39 Å². The van der Waals surface area contributed by atoms with Crippen LogP contribution < -0.4 is 10.2 Å². The Morgan fingerprint density at radius 3 is 2.46 bits per heavy atom. The summed E-state index contributed by atoms with van der Waals surface area (Å²) in [5.74, 6) is -1.82. The van der Waals surface area contributed by atoms with Crippen molar-refractivity contribution in [2.24, 2.45) is 0 Å². The average Bonchev–Trinajstić information content (AvgIpc) is 2.97. The number of H-pyrrole nitrogens is 1. The topological polar surface area (TPSA) is 65.2 Å². The fraction of sp³-hybridized carbons (Fsp3) is 0.111. The van der Waals surface area contributed by atoms with Crippen LogP contribution in [0.1, 0.15) is 10.4 Å². The van der Waals surface area contributed by atoms with Crippen molar-refractivity contribution < 1.29 is 14.0 Å². The Balaban J connectivity index is 1.80. The molecule has 0 spiro atoms. The smallest absolute Gasteiger partial charge is 0.296 e. The van der Waals surface area contributed by atoms with Gasteiger partial charge in [-0.15, -0.1) is 0 Å². The average molecular weight is 325 g/mol. The van der Waals surface area contributed by atoms with Gasteiger partial charge in [0.15, 0.2) is 0 Å². The molecule has 2 aromatic carbocycles. The molecule has 0 radical (unpaired) electrons. The van der Waals surface area contributed by atoms with Crippen molar-refractivity contribution in [1.82, 2.24) is 4.98 Å². The molecule has 2 N–H and O–H groups in total. The third kappa shape index (κ3) is 2.99. The molecule has 1 heterocycles. The van der Waals surface area contributed by atoms with Crippen LogP contribution in [-0.2, 0) is 4.79 Å². The molecule has 0 saturated carbocycles. The monoisotopic (exact) mass is 325 g/mol. The van der Waals surface area contributed by atoms with Gasteiger partial charge in [0.1, 0.15) is 5.82 Å². The molecule has 0 aliphatic heterocycles. The predicted molar refractivity (Wildman–Crippen MR) is 92.0 cm³/mol. The molecule has 122 valence electrons. The number of hydrogen-bond acceptors (Lipinski definition) is 3. The molecule has 24 heavy (non-hydrogen) atoms. The van der Waals surface area contributed by atoms with Crippen molar-refractivity contribution in [2.45, 2.75) is 0 Å². The molecular weight excluding hydrogens is 309 g/mol. The predicted octanol–water partition coefficient (Wildman–Crippen LogP) is 3.19. The van der Waals surface area contributed by atoms with E-state index in [-0.39, 0.29) is 5.56 Å². The first kappa shape index (κ1) is 15.7. The maximum absolute atomic E-state index is 13.2. The van der Waals surface area contributed by atoms with E-state index in [0.717, 1.165) is 5.69 Å². The van der Waals surface area contributed by atoms with Crippen molar-refractivity contribution in [3.8, 4) is 0 Å². The number of ketones is 1. The van der Waals surface area contributed by atoms with E-state index in [1.807, 2.05) is 31.1 Å². The van der Waals surface area contributed by atoms with Gasteiger partial charge in [0.25, 0.3) is 11.7 Å². The number of benzene rings is 2. The minimum absolute atomic E-state index is 0.215. The zero-order chi connectivity index (χ0) is 17.3. The summed E-state index contributed by atoms with van der Waals surface area (Å²) in [6, 6.07) is 11.2. The molecule has 0 atom stereocenters. The van der Waals surface area contributed by atoms with Gasteiger partial charge in [-0.2, -0.15) is 0 Å². The Morgan fingerprint density at radius 1 is 1.08 bits per heavy atom. The lowest BCUT2D eigenvalue weighted by Gasteiger charge is -2.12. The minimum Gasteiger partial charge on any atom is -0.378 e. The zero-order valence-corrected chi connectivity index (χ0v) is 13.3. The molecular formula is C18H16FN3O2. The van der Waals surface area contributed by atoms with Gasteiger partial charge < -0.3 is 15.2 Å². The Labute approximate surface area is 138 Å². The number of aromatic nitrogens is 1. The van der Waals surface area contributed by atoms with Crippen molar-refractivity contribution in [1.29, 1.82) is 0 Å². The highest BCUT2D eigenvalue weighted by atomic mass is 19.1. The maximum Gasteiger partial charge on any atom is 0.296 e. The van der Waals surface area contributed by atoms with Crippen LogP contribution in [0.5, 0.6) is 0 Å². The van der Waals surface area contributed by atoms with Crippen LogP contribution in [0, 0.1) is 5.82 Å². The summed E-state index contributed by atoms with van der Waals surface area (Å²) >= 11 is 0. The molecule has 1 amide bonds. The first-order valence-electron chi connectivity index (χ1n) is 7.35. The first-order valence-corrected chi connectivity index (χ1v) is 7.35. The van der Waals surface area contributed by atoms with Crippen LogP contribution in [-0.4, -0.2) is 30.8 Å². The highest BCUT2D eigenvalue weighted by molar-refractivity contribution is 6.48. The molecule has 0 saturated heterocycles. The summed E-state index contributed by atoms with van der Waals surface area (Å²) in [6.07, 6.45) is 1.42. The number of fused-ring (bicyclic) bond motifs is 1. The highest BCUT2D eigenvalue weighted by Crippen LogP contribution is 2.21. The number of halogens is 1. The van der Waals surface area contributed by atoms with Crippen molar-refractivity contribution in [3.05, 3.63) is 60.0 Å². The normalized spacial score (nSPS) is 10.6. The van der Waals surface area contributed by atoms with E-state index in [2.05, 4.69) is 10.3 Å². The number of nitrogens with zero attached hydrogens (tertiary/aromatic N) is 1. The summed E-state index contributed by atoms with van der Waals surface area (Å²) in [4.78, 5) is 29.3. The van der Waals surface area contributed by atoms with Gasteiger partial charge in [-0.3, -0.25) is 9.59 Å². The van der Waals surface area contributed by atoms with E-state index in [4.69, 9.17) is 0 Å². The summed E-state index contributed by atoms with van der Waals surface area (Å²) in [5, 5.41) is 3.09. The molecule has 0 aliphatic carbocycles. The number of carbonyl (C=O) groups excluding carboxylic acids is 2. The molecule has 3 rings (SSSR count). The third-order valence-electron chi connectivity index (χ3n) is 3.74. The van der Waals surface area contributed by atoms with Crippen LogP contribution in [0.25, 0.3) is 10.9 Å². The van der Waals surface area contributed by atoms with Crippen molar-refractivity contribution in [3.63, 3.8) is 0 Å². The molecule has 6 heteroatoms. The molecule has 0 fully saturated rings. The fourth-order valence-corrected chi connectivity index (χ4v) is 2.44. The second kappa shape index (κ2) is 6.16. The van der Waals surface area contributed by atoms with Crippen LogP contribution in [0.15, 0.2) is 48.7 Å².